The van der Waals surface area contributed by atoms with E-state index in [1.54, 1.807) is 0 Å². The Morgan fingerprint density at radius 2 is 1.68 bits per heavy atom. The van der Waals surface area contributed by atoms with Crippen LogP contribution in [0.5, 0.6) is 11.5 Å². The van der Waals surface area contributed by atoms with Gasteiger partial charge in [0.2, 0.25) is 0 Å². The summed E-state index contributed by atoms with van der Waals surface area (Å²) in [5.74, 6) is -0.413. The fraction of sp³-hybridized carbons (Fsp3) is 0.562. The maximum absolute atomic E-state index is 13.5. The Morgan fingerprint density at radius 3 is 2.23 bits per heavy atom. The van der Waals surface area contributed by atoms with Gasteiger partial charge in [-0.2, -0.15) is 0 Å². The molecule has 1 aliphatic heterocycles. The Kier molecular flexibility index (Phi) is 3.93. The lowest BCUT2D eigenvalue weighted by Crippen LogP contribution is -2.39. The van der Waals surface area contributed by atoms with E-state index in [4.69, 9.17) is 9.47 Å². The number of halogens is 2. The van der Waals surface area contributed by atoms with Gasteiger partial charge in [-0.25, -0.2) is 8.78 Å². The monoisotopic (exact) mass is 312 g/mol. The largest absolute Gasteiger partial charge is 0.486 e. The summed E-state index contributed by atoms with van der Waals surface area (Å²) in [6.07, 6.45) is 0.392. The van der Waals surface area contributed by atoms with Crippen LogP contribution < -0.4 is 9.47 Å². The smallest absolute Gasteiger partial charge is 0.314 e. The lowest BCUT2D eigenvalue weighted by Gasteiger charge is -2.36. The van der Waals surface area contributed by atoms with E-state index in [2.05, 4.69) is 0 Å². The minimum atomic E-state index is -2.75. The summed E-state index contributed by atoms with van der Waals surface area (Å²) in [5, 5.41) is 9.74. The van der Waals surface area contributed by atoms with Crippen molar-refractivity contribution in [3.05, 3.63) is 23.3 Å². The predicted molar refractivity (Wildman–Crippen MR) is 74.8 cm³/mol. The molecule has 1 heterocycles. The second kappa shape index (κ2) is 5.74. The van der Waals surface area contributed by atoms with E-state index >= 15 is 0 Å². The number of hydrogen-bond donors (Lipinski definition) is 1. The number of hydrogen-bond acceptors (Lipinski definition) is 3. The quantitative estimate of drug-likeness (QED) is 0.925. The van der Waals surface area contributed by atoms with Crippen molar-refractivity contribution in [1.82, 2.24) is 0 Å². The normalized spacial score (nSPS) is 20.0. The van der Waals surface area contributed by atoms with Crippen molar-refractivity contribution < 1.29 is 28.2 Å². The van der Waals surface area contributed by atoms with Gasteiger partial charge in [0.05, 0.1) is 5.41 Å². The SMILES string of the molecule is O=C(O)C1(c2cc3c(cc2C(F)F)OCCO3)CCCCC1. The number of fused-ring (bicyclic) bond motifs is 1. The van der Waals surface area contributed by atoms with E-state index in [1.807, 2.05) is 0 Å². The Morgan fingerprint density at radius 1 is 1.09 bits per heavy atom. The molecule has 0 unspecified atom stereocenters. The second-order valence-corrected chi connectivity index (χ2v) is 5.83. The van der Waals surface area contributed by atoms with Crippen molar-refractivity contribution in [2.45, 2.75) is 43.9 Å². The Balaban J connectivity index is 2.16. The van der Waals surface area contributed by atoms with Crippen molar-refractivity contribution >= 4 is 5.97 Å². The number of carbonyl (C=O) groups is 1. The van der Waals surface area contributed by atoms with E-state index in [1.165, 1.54) is 12.1 Å². The molecular formula is C16H18F2O4. The molecule has 0 bridgehead atoms. The third-order valence-electron chi connectivity index (χ3n) is 4.58. The molecule has 4 nitrogen and oxygen atoms in total. The van der Waals surface area contributed by atoms with E-state index in [-0.39, 0.29) is 16.9 Å². The molecule has 0 saturated heterocycles. The van der Waals surface area contributed by atoms with Gasteiger partial charge in [-0.05, 0) is 30.5 Å². The van der Waals surface area contributed by atoms with Crippen molar-refractivity contribution in [3.8, 4) is 11.5 Å². The van der Waals surface area contributed by atoms with Crippen LogP contribution in [-0.4, -0.2) is 24.3 Å². The van der Waals surface area contributed by atoms with Crippen LogP contribution in [0, 0.1) is 0 Å². The highest BCUT2D eigenvalue weighted by molar-refractivity contribution is 5.82. The zero-order chi connectivity index (χ0) is 15.7. The number of alkyl halides is 2. The third kappa shape index (κ3) is 2.40. The van der Waals surface area contributed by atoms with Gasteiger partial charge < -0.3 is 14.6 Å². The first kappa shape index (κ1) is 15.1. The first-order valence-corrected chi connectivity index (χ1v) is 7.50. The van der Waals surface area contributed by atoms with Crippen LogP contribution in [0.25, 0.3) is 0 Å². The van der Waals surface area contributed by atoms with Gasteiger partial charge in [0.1, 0.15) is 13.2 Å². The average molecular weight is 312 g/mol. The topological polar surface area (TPSA) is 55.8 Å². The average Bonchev–Trinajstić information content (AvgIpc) is 2.54. The highest BCUT2D eigenvalue weighted by Crippen LogP contribution is 2.47. The Hall–Kier alpha value is -1.85. The number of carboxylic acid groups (broad SMARTS) is 1. The zero-order valence-corrected chi connectivity index (χ0v) is 12.1. The van der Waals surface area contributed by atoms with Gasteiger partial charge in [0.25, 0.3) is 6.43 Å². The Labute approximate surface area is 127 Å². The van der Waals surface area contributed by atoms with Crippen LogP contribution in [0.4, 0.5) is 8.78 Å². The first-order valence-electron chi connectivity index (χ1n) is 7.50. The number of ether oxygens (including phenoxy) is 2. The highest BCUT2D eigenvalue weighted by atomic mass is 19.3. The van der Waals surface area contributed by atoms with Gasteiger partial charge in [-0.1, -0.05) is 19.3 Å². The third-order valence-corrected chi connectivity index (χ3v) is 4.58. The van der Waals surface area contributed by atoms with Crippen LogP contribution in [-0.2, 0) is 10.2 Å². The van der Waals surface area contributed by atoms with Gasteiger partial charge in [0, 0.05) is 5.56 Å². The minimum Gasteiger partial charge on any atom is -0.486 e. The zero-order valence-electron chi connectivity index (χ0n) is 12.1. The molecule has 1 aromatic carbocycles. The maximum atomic E-state index is 13.5. The molecule has 120 valence electrons. The molecule has 0 spiro atoms. The van der Waals surface area contributed by atoms with Crippen LogP contribution in [0.3, 0.4) is 0 Å². The van der Waals surface area contributed by atoms with Gasteiger partial charge in [0.15, 0.2) is 11.5 Å². The van der Waals surface area contributed by atoms with Crippen LogP contribution in [0.15, 0.2) is 12.1 Å². The molecule has 1 fully saturated rings. The standard InChI is InChI=1S/C16H18F2O4/c17-14(18)10-8-12-13(22-7-6-21-12)9-11(10)16(15(19)20)4-2-1-3-5-16/h8-9,14H,1-7H2,(H,19,20). The Bertz CT molecular complexity index is 580. The van der Waals surface area contributed by atoms with E-state index < -0.39 is 17.8 Å². The van der Waals surface area contributed by atoms with Gasteiger partial charge in [-0.3, -0.25) is 4.79 Å². The van der Waals surface area contributed by atoms with E-state index in [0.717, 1.165) is 19.3 Å². The summed E-state index contributed by atoms with van der Waals surface area (Å²) in [6.45, 7) is 0.639. The molecule has 0 radical (unpaired) electrons. The molecule has 0 amide bonds. The lowest BCUT2D eigenvalue weighted by molar-refractivity contribution is -0.145. The summed E-state index contributed by atoms with van der Waals surface area (Å²) in [6, 6.07) is 2.70. The number of rotatable bonds is 3. The number of aliphatic carboxylic acids is 1. The number of carboxylic acids is 1. The molecule has 22 heavy (non-hydrogen) atoms. The van der Waals surface area contributed by atoms with E-state index in [0.29, 0.717) is 31.8 Å². The predicted octanol–water partition coefficient (Wildman–Crippen LogP) is 3.68. The van der Waals surface area contributed by atoms with Gasteiger partial charge in [-0.15, -0.1) is 0 Å². The fourth-order valence-electron chi connectivity index (χ4n) is 3.45. The second-order valence-electron chi connectivity index (χ2n) is 5.83. The van der Waals surface area contributed by atoms with Crippen molar-refractivity contribution in [1.29, 1.82) is 0 Å². The first-order chi connectivity index (χ1) is 10.5. The molecule has 0 atom stereocenters. The summed E-state index contributed by atoms with van der Waals surface area (Å²) in [5.41, 5.74) is -1.33. The lowest BCUT2D eigenvalue weighted by atomic mass is 9.68. The van der Waals surface area contributed by atoms with Crippen LogP contribution in [0.2, 0.25) is 0 Å². The highest BCUT2D eigenvalue weighted by Gasteiger charge is 2.44. The van der Waals surface area contributed by atoms with Crippen molar-refractivity contribution in [3.63, 3.8) is 0 Å². The number of benzene rings is 1. The maximum Gasteiger partial charge on any atom is 0.314 e. The summed E-state index contributed by atoms with van der Waals surface area (Å²) >= 11 is 0. The van der Waals surface area contributed by atoms with Crippen LogP contribution >= 0.6 is 0 Å². The summed E-state index contributed by atoms with van der Waals surface area (Å²) in [4.78, 5) is 11.9. The molecule has 6 heteroatoms. The van der Waals surface area contributed by atoms with Crippen molar-refractivity contribution in [2.75, 3.05) is 13.2 Å². The molecule has 1 aromatic rings. The molecule has 0 aromatic heterocycles. The van der Waals surface area contributed by atoms with E-state index in [9.17, 15) is 18.7 Å². The van der Waals surface area contributed by atoms with Crippen LogP contribution in [0.1, 0.15) is 49.7 Å². The summed E-state index contributed by atoms with van der Waals surface area (Å²) < 4.78 is 37.8. The fourth-order valence-corrected chi connectivity index (χ4v) is 3.45. The molecule has 1 saturated carbocycles. The molecule has 1 aliphatic carbocycles. The summed E-state index contributed by atoms with van der Waals surface area (Å²) in [7, 11) is 0. The minimum absolute atomic E-state index is 0.180. The molecule has 2 aliphatic rings. The molecule has 3 rings (SSSR count). The van der Waals surface area contributed by atoms with Gasteiger partial charge >= 0.3 is 5.97 Å². The van der Waals surface area contributed by atoms with Crippen molar-refractivity contribution in [2.24, 2.45) is 0 Å². The molecular weight excluding hydrogens is 294 g/mol. The molecule has 1 N–H and O–H groups in total.